The number of nitrogens with zero attached hydrogens (tertiary/aromatic N) is 4. The van der Waals surface area contributed by atoms with Crippen LogP contribution in [0.4, 0.5) is 0 Å². The third-order valence-electron chi connectivity index (χ3n) is 2.64. The van der Waals surface area contributed by atoms with Gasteiger partial charge in [0.25, 0.3) is 11.7 Å². The highest BCUT2D eigenvalue weighted by Gasteiger charge is 2.19. The van der Waals surface area contributed by atoms with Crippen molar-refractivity contribution in [1.82, 2.24) is 25.2 Å². The first-order chi connectivity index (χ1) is 9.61. The van der Waals surface area contributed by atoms with E-state index in [-0.39, 0.29) is 24.2 Å². The van der Waals surface area contributed by atoms with Crippen molar-refractivity contribution in [3.05, 3.63) is 30.2 Å². The molecule has 0 unspecified atom stereocenters. The van der Waals surface area contributed by atoms with Crippen molar-refractivity contribution < 1.29 is 14.1 Å². The molecular formula is C11H14N6O3. The summed E-state index contributed by atoms with van der Waals surface area (Å²) in [4.78, 5) is 26.6. The number of aromatic nitrogens is 4. The molecule has 0 saturated heterocycles. The number of hydrogen-bond donors (Lipinski definition) is 2. The first-order valence-corrected chi connectivity index (χ1v) is 6.01. The molecule has 2 heterocycles. The third kappa shape index (κ3) is 2.99. The van der Waals surface area contributed by atoms with E-state index in [0.29, 0.717) is 6.42 Å². The summed E-state index contributed by atoms with van der Waals surface area (Å²) in [6.45, 7) is 1.90. The quantitative estimate of drug-likeness (QED) is 0.741. The Bertz CT molecular complexity index is 591. The Morgan fingerprint density at radius 3 is 2.90 bits per heavy atom. The molecule has 2 aromatic heterocycles. The second-order valence-corrected chi connectivity index (χ2v) is 4.00. The lowest BCUT2D eigenvalue weighted by molar-refractivity contribution is -0.125. The summed E-state index contributed by atoms with van der Waals surface area (Å²) in [5.41, 5.74) is 4.99. The fraction of sp³-hybridized carbons (Fsp3) is 0.364. The zero-order valence-corrected chi connectivity index (χ0v) is 10.8. The number of nitrogens with one attached hydrogen (secondary N) is 1. The molecule has 20 heavy (non-hydrogen) atoms. The van der Waals surface area contributed by atoms with Gasteiger partial charge >= 0.3 is 0 Å². The minimum atomic E-state index is -0.783. The van der Waals surface area contributed by atoms with E-state index in [9.17, 15) is 9.59 Å². The summed E-state index contributed by atoms with van der Waals surface area (Å²) in [6, 6.07) is 1.33. The fourth-order valence-electron chi connectivity index (χ4n) is 1.66. The predicted octanol–water partition coefficient (Wildman–Crippen LogP) is -0.367. The molecule has 0 spiro atoms. The monoisotopic (exact) mass is 278 g/mol. The van der Waals surface area contributed by atoms with E-state index in [1.54, 1.807) is 23.1 Å². The van der Waals surface area contributed by atoms with Crippen LogP contribution in [0.15, 0.2) is 23.0 Å². The number of nitrogens with two attached hydrogens (primary N) is 1. The number of primary amides is 1. The van der Waals surface area contributed by atoms with E-state index < -0.39 is 11.9 Å². The first kappa shape index (κ1) is 13.7. The van der Waals surface area contributed by atoms with Gasteiger partial charge in [-0.15, -0.1) is 0 Å². The molecule has 0 radical (unpaired) electrons. The van der Waals surface area contributed by atoms with Crippen molar-refractivity contribution in [2.75, 3.05) is 0 Å². The Kier molecular flexibility index (Phi) is 4.08. The van der Waals surface area contributed by atoms with Gasteiger partial charge in [-0.3, -0.25) is 14.3 Å². The molecule has 9 heteroatoms. The smallest absolute Gasteiger partial charge is 0.290 e. The lowest BCUT2D eigenvalue weighted by Gasteiger charge is -2.14. The van der Waals surface area contributed by atoms with Crippen LogP contribution in [-0.2, 0) is 11.3 Å². The predicted molar refractivity (Wildman–Crippen MR) is 66.2 cm³/mol. The van der Waals surface area contributed by atoms with Gasteiger partial charge in [-0.2, -0.15) is 10.1 Å². The van der Waals surface area contributed by atoms with Crippen molar-refractivity contribution in [2.24, 2.45) is 5.73 Å². The fourth-order valence-corrected chi connectivity index (χ4v) is 1.66. The summed E-state index contributed by atoms with van der Waals surface area (Å²) in [5.74, 6) is -1.11. The third-order valence-corrected chi connectivity index (χ3v) is 2.64. The van der Waals surface area contributed by atoms with Gasteiger partial charge in [0.1, 0.15) is 6.04 Å². The van der Waals surface area contributed by atoms with E-state index in [1.165, 1.54) is 0 Å². The van der Waals surface area contributed by atoms with Gasteiger partial charge in [-0.1, -0.05) is 12.1 Å². The highest BCUT2D eigenvalue weighted by molar-refractivity contribution is 5.88. The van der Waals surface area contributed by atoms with E-state index >= 15 is 0 Å². The molecule has 0 aliphatic heterocycles. The van der Waals surface area contributed by atoms with Crippen LogP contribution in [0.3, 0.4) is 0 Å². The zero-order valence-electron chi connectivity index (χ0n) is 10.8. The number of amides is 2. The van der Waals surface area contributed by atoms with Gasteiger partial charge in [0.15, 0.2) is 0 Å². The van der Waals surface area contributed by atoms with Gasteiger partial charge in [0, 0.05) is 12.4 Å². The molecule has 9 nitrogen and oxygen atoms in total. The second kappa shape index (κ2) is 5.95. The van der Waals surface area contributed by atoms with Crippen LogP contribution < -0.4 is 11.1 Å². The lowest BCUT2D eigenvalue weighted by Crippen LogP contribution is -2.32. The molecule has 106 valence electrons. The number of rotatable bonds is 6. The number of carbonyl (C=O) groups excluding carboxylic acids is 2. The molecule has 1 atom stereocenters. The summed E-state index contributed by atoms with van der Waals surface area (Å²) < 4.78 is 6.35. The van der Waals surface area contributed by atoms with Gasteiger partial charge in [0.05, 0.1) is 6.54 Å². The average Bonchev–Trinajstić information content (AvgIpc) is 3.08. The van der Waals surface area contributed by atoms with Crippen LogP contribution in [-0.4, -0.2) is 31.7 Å². The maximum Gasteiger partial charge on any atom is 0.290 e. The second-order valence-electron chi connectivity index (χ2n) is 4.00. The van der Waals surface area contributed by atoms with E-state index in [4.69, 9.17) is 10.3 Å². The van der Waals surface area contributed by atoms with Gasteiger partial charge in [-0.25, -0.2) is 0 Å². The van der Waals surface area contributed by atoms with Crippen molar-refractivity contribution in [3.63, 3.8) is 0 Å². The summed E-state index contributed by atoms with van der Waals surface area (Å²) in [5, 5.41) is 10.1. The molecule has 2 aromatic rings. The maximum atomic E-state index is 12.0. The first-order valence-electron chi connectivity index (χ1n) is 6.01. The van der Waals surface area contributed by atoms with Gasteiger partial charge < -0.3 is 15.6 Å². The molecule has 3 N–H and O–H groups in total. The summed E-state index contributed by atoms with van der Waals surface area (Å²) in [6.07, 6.45) is 3.91. The van der Waals surface area contributed by atoms with Crippen molar-refractivity contribution in [1.29, 1.82) is 0 Å². The normalized spacial score (nSPS) is 12.1. The van der Waals surface area contributed by atoms with Crippen molar-refractivity contribution in [2.45, 2.75) is 25.9 Å². The summed E-state index contributed by atoms with van der Waals surface area (Å²) in [7, 11) is 0. The minimum Gasteiger partial charge on any atom is -0.363 e. The van der Waals surface area contributed by atoms with E-state index in [2.05, 4.69) is 20.6 Å². The van der Waals surface area contributed by atoms with Crippen molar-refractivity contribution >= 4 is 11.8 Å². The van der Waals surface area contributed by atoms with Crippen LogP contribution in [0, 0.1) is 0 Å². The van der Waals surface area contributed by atoms with Crippen LogP contribution >= 0.6 is 0 Å². The lowest BCUT2D eigenvalue weighted by atomic mass is 10.2. The van der Waals surface area contributed by atoms with Crippen LogP contribution in [0.2, 0.25) is 0 Å². The Balaban J connectivity index is 1.95. The number of hydrogen-bond acceptors (Lipinski definition) is 6. The van der Waals surface area contributed by atoms with Crippen LogP contribution in [0.1, 0.15) is 35.9 Å². The Hall–Kier alpha value is -2.71. The van der Waals surface area contributed by atoms with Crippen LogP contribution in [0.5, 0.6) is 0 Å². The van der Waals surface area contributed by atoms with Gasteiger partial charge in [0.2, 0.25) is 11.8 Å². The number of carbonyl (C=O) groups is 2. The van der Waals surface area contributed by atoms with E-state index in [0.717, 1.165) is 0 Å². The Labute approximate surface area is 114 Å². The Morgan fingerprint density at radius 2 is 2.35 bits per heavy atom. The van der Waals surface area contributed by atoms with Gasteiger partial charge in [-0.05, 0) is 12.5 Å². The summed E-state index contributed by atoms with van der Waals surface area (Å²) >= 11 is 0. The average molecular weight is 278 g/mol. The molecule has 2 rings (SSSR count). The molecule has 0 aromatic carbocycles. The van der Waals surface area contributed by atoms with Crippen LogP contribution in [0.25, 0.3) is 0 Å². The minimum absolute atomic E-state index is 0.0247. The molecule has 0 bridgehead atoms. The largest absolute Gasteiger partial charge is 0.363 e. The standard InChI is InChI=1S/C11H14N6O3/c1-2-7(17-5-3-4-14-17)11(19)13-6-8-15-10(9(12)18)16-20-8/h3-5,7H,2,6H2,1H3,(H2,12,18)(H,13,19)/t7-/m1/s1. The van der Waals surface area contributed by atoms with Crippen molar-refractivity contribution in [3.8, 4) is 0 Å². The molecule has 0 aliphatic carbocycles. The molecule has 0 saturated carbocycles. The zero-order chi connectivity index (χ0) is 14.5. The SMILES string of the molecule is CC[C@H](C(=O)NCc1nc(C(N)=O)no1)n1cccn1. The molecule has 2 amide bonds. The van der Waals surface area contributed by atoms with E-state index in [1.807, 2.05) is 6.92 Å². The molecule has 0 aliphatic rings. The maximum absolute atomic E-state index is 12.0. The molecule has 0 fully saturated rings. The highest BCUT2D eigenvalue weighted by atomic mass is 16.5. The highest BCUT2D eigenvalue weighted by Crippen LogP contribution is 2.09. The molecular weight excluding hydrogens is 264 g/mol. The Morgan fingerprint density at radius 1 is 1.55 bits per heavy atom. The topological polar surface area (TPSA) is 129 Å².